The molecule has 2 rings (SSSR count). The van der Waals surface area contributed by atoms with Gasteiger partial charge in [-0.1, -0.05) is 0 Å². The number of benzene rings is 1. The van der Waals surface area contributed by atoms with Crippen LogP contribution in [0, 0.1) is 29.1 Å². The molecule has 7 heteroatoms. The molecular weight excluding hydrogens is 255 g/mol. The van der Waals surface area contributed by atoms with Gasteiger partial charge < -0.3 is 11.1 Å². The lowest BCUT2D eigenvalue weighted by atomic mass is 9.76. The summed E-state index contributed by atoms with van der Waals surface area (Å²) in [5.74, 6) is -9.78. The van der Waals surface area contributed by atoms with Crippen molar-refractivity contribution in [1.29, 1.82) is 0 Å². The van der Waals surface area contributed by atoms with E-state index in [4.69, 9.17) is 5.73 Å². The number of nitrogens with two attached hydrogens (primary N) is 1. The molecule has 3 N–H and O–H groups in total. The van der Waals surface area contributed by atoms with E-state index in [1.165, 1.54) is 0 Å². The van der Waals surface area contributed by atoms with Crippen molar-refractivity contribution in [3.8, 4) is 0 Å². The molecule has 1 aliphatic carbocycles. The topological polar surface area (TPSA) is 38.0 Å². The summed E-state index contributed by atoms with van der Waals surface area (Å²) in [5, 5.41) is 2.37. The van der Waals surface area contributed by atoms with E-state index in [-0.39, 0.29) is 6.54 Å². The van der Waals surface area contributed by atoms with Crippen LogP contribution in [0.2, 0.25) is 0 Å². The molecule has 0 heterocycles. The molecule has 0 saturated heterocycles. The van der Waals surface area contributed by atoms with E-state index in [0.29, 0.717) is 12.8 Å². The number of rotatable bonds is 3. The van der Waals surface area contributed by atoms with Crippen molar-refractivity contribution in [3.63, 3.8) is 0 Å². The van der Waals surface area contributed by atoms with Gasteiger partial charge in [-0.3, -0.25) is 0 Å². The maximum absolute atomic E-state index is 13.4. The molecule has 18 heavy (non-hydrogen) atoms. The third-order valence-corrected chi connectivity index (χ3v) is 3.30. The maximum Gasteiger partial charge on any atom is 0.200 e. The Morgan fingerprint density at radius 3 is 1.67 bits per heavy atom. The minimum Gasteiger partial charge on any atom is -0.373 e. The van der Waals surface area contributed by atoms with Crippen LogP contribution in [-0.4, -0.2) is 12.1 Å². The van der Waals surface area contributed by atoms with Crippen LogP contribution in [0.4, 0.5) is 27.6 Å². The third-order valence-electron chi connectivity index (χ3n) is 3.30. The van der Waals surface area contributed by atoms with Crippen LogP contribution in [0.3, 0.4) is 0 Å². The monoisotopic (exact) mass is 266 g/mol. The molecule has 0 aromatic heterocycles. The van der Waals surface area contributed by atoms with Gasteiger partial charge in [0.1, 0.15) is 5.69 Å². The first kappa shape index (κ1) is 13.1. The second kappa shape index (κ2) is 4.38. The van der Waals surface area contributed by atoms with Crippen molar-refractivity contribution in [2.75, 3.05) is 11.9 Å². The van der Waals surface area contributed by atoms with E-state index in [0.717, 1.165) is 6.42 Å². The molecule has 0 amide bonds. The van der Waals surface area contributed by atoms with Gasteiger partial charge in [0.05, 0.1) is 0 Å². The zero-order valence-electron chi connectivity index (χ0n) is 9.30. The third kappa shape index (κ3) is 1.82. The predicted octanol–water partition coefficient (Wildman–Crippen LogP) is 2.68. The highest BCUT2D eigenvalue weighted by molar-refractivity contribution is 5.50. The van der Waals surface area contributed by atoms with E-state index < -0.39 is 40.3 Å². The second-order valence-corrected chi connectivity index (χ2v) is 4.41. The SMILES string of the molecule is NCC1(Nc2c(F)c(F)c(F)c(F)c2F)CCC1. The molecule has 0 spiro atoms. The molecule has 0 unspecified atom stereocenters. The van der Waals surface area contributed by atoms with Gasteiger partial charge in [-0.2, -0.15) is 0 Å². The van der Waals surface area contributed by atoms with Crippen molar-refractivity contribution in [2.24, 2.45) is 5.73 Å². The lowest BCUT2D eigenvalue weighted by Gasteiger charge is -2.42. The lowest BCUT2D eigenvalue weighted by molar-refractivity contribution is 0.282. The molecule has 1 aliphatic rings. The van der Waals surface area contributed by atoms with E-state index in [9.17, 15) is 22.0 Å². The van der Waals surface area contributed by atoms with Gasteiger partial charge in [0.15, 0.2) is 23.3 Å². The Kier molecular flexibility index (Phi) is 3.18. The maximum atomic E-state index is 13.4. The molecule has 0 aliphatic heterocycles. The average Bonchev–Trinajstić information content (AvgIpc) is 2.32. The fourth-order valence-electron chi connectivity index (χ4n) is 1.96. The summed E-state index contributed by atoms with van der Waals surface area (Å²) >= 11 is 0. The summed E-state index contributed by atoms with van der Waals surface area (Å²) in [5.41, 5.74) is 3.67. The Bertz CT molecular complexity index is 450. The molecule has 100 valence electrons. The molecular formula is C11H11F5N2. The van der Waals surface area contributed by atoms with Gasteiger partial charge in [-0.25, -0.2) is 22.0 Å². The van der Waals surface area contributed by atoms with E-state index in [1.54, 1.807) is 0 Å². The standard InChI is InChI=1S/C11H11F5N2/c12-5-6(13)8(15)10(9(16)7(5)14)18-11(4-17)2-1-3-11/h18H,1-4,17H2. The molecule has 0 atom stereocenters. The highest BCUT2D eigenvalue weighted by Crippen LogP contribution is 2.37. The van der Waals surface area contributed by atoms with Gasteiger partial charge in [0, 0.05) is 12.1 Å². The molecule has 1 saturated carbocycles. The Labute approximate surface area is 100.0 Å². The van der Waals surface area contributed by atoms with Crippen LogP contribution < -0.4 is 11.1 Å². The first-order chi connectivity index (χ1) is 8.42. The van der Waals surface area contributed by atoms with Crippen LogP contribution in [0.25, 0.3) is 0 Å². The Morgan fingerprint density at radius 1 is 0.889 bits per heavy atom. The quantitative estimate of drug-likeness (QED) is 0.501. The lowest BCUT2D eigenvalue weighted by Crippen LogP contribution is -2.51. The van der Waals surface area contributed by atoms with Gasteiger partial charge in [-0.05, 0) is 19.3 Å². The first-order valence-electron chi connectivity index (χ1n) is 5.41. The number of halogens is 5. The molecule has 1 aromatic rings. The van der Waals surface area contributed by atoms with Crippen molar-refractivity contribution in [1.82, 2.24) is 0 Å². The molecule has 1 aromatic carbocycles. The summed E-state index contributed by atoms with van der Waals surface area (Å²) in [6.07, 6.45) is 1.85. The van der Waals surface area contributed by atoms with E-state index >= 15 is 0 Å². The average molecular weight is 266 g/mol. The minimum absolute atomic E-state index is 0.0620. The second-order valence-electron chi connectivity index (χ2n) is 4.41. The Morgan fingerprint density at radius 2 is 1.33 bits per heavy atom. The Hall–Kier alpha value is -1.37. The fourth-order valence-corrected chi connectivity index (χ4v) is 1.96. The van der Waals surface area contributed by atoms with Crippen LogP contribution in [0.1, 0.15) is 19.3 Å². The molecule has 0 radical (unpaired) electrons. The number of hydrogen-bond acceptors (Lipinski definition) is 2. The van der Waals surface area contributed by atoms with Crippen LogP contribution >= 0.6 is 0 Å². The smallest absolute Gasteiger partial charge is 0.200 e. The van der Waals surface area contributed by atoms with Gasteiger partial charge in [0.2, 0.25) is 5.82 Å². The summed E-state index contributed by atoms with van der Waals surface area (Å²) in [7, 11) is 0. The van der Waals surface area contributed by atoms with E-state index in [1.807, 2.05) is 0 Å². The highest BCUT2D eigenvalue weighted by atomic mass is 19.2. The number of nitrogens with one attached hydrogen (secondary N) is 1. The first-order valence-corrected chi connectivity index (χ1v) is 5.41. The predicted molar refractivity (Wildman–Crippen MR) is 55.5 cm³/mol. The van der Waals surface area contributed by atoms with Crippen LogP contribution in [0.15, 0.2) is 0 Å². The Balaban J connectivity index is 2.45. The zero-order chi connectivity index (χ0) is 13.5. The van der Waals surface area contributed by atoms with Gasteiger partial charge in [0.25, 0.3) is 0 Å². The number of anilines is 1. The fraction of sp³-hybridized carbons (Fsp3) is 0.455. The van der Waals surface area contributed by atoms with E-state index in [2.05, 4.69) is 5.32 Å². The number of hydrogen-bond donors (Lipinski definition) is 2. The zero-order valence-corrected chi connectivity index (χ0v) is 9.30. The highest BCUT2D eigenvalue weighted by Gasteiger charge is 2.38. The van der Waals surface area contributed by atoms with Crippen molar-refractivity contribution < 1.29 is 22.0 Å². The van der Waals surface area contributed by atoms with Crippen LogP contribution in [-0.2, 0) is 0 Å². The summed E-state index contributed by atoms with van der Waals surface area (Å²) in [6.45, 7) is 0.0620. The van der Waals surface area contributed by atoms with Gasteiger partial charge >= 0.3 is 0 Å². The van der Waals surface area contributed by atoms with Gasteiger partial charge in [-0.15, -0.1) is 0 Å². The molecule has 2 nitrogen and oxygen atoms in total. The summed E-state index contributed by atoms with van der Waals surface area (Å²) < 4.78 is 65.6. The summed E-state index contributed by atoms with van der Waals surface area (Å²) in [4.78, 5) is 0. The molecule has 1 fully saturated rings. The van der Waals surface area contributed by atoms with Crippen molar-refractivity contribution >= 4 is 5.69 Å². The van der Waals surface area contributed by atoms with Crippen LogP contribution in [0.5, 0.6) is 0 Å². The molecule has 0 bridgehead atoms. The van der Waals surface area contributed by atoms with Crippen molar-refractivity contribution in [2.45, 2.75) is 24.8 Å². The minimum atomic E-state index is -2.16. The summed E-state index contributed by atoms with van der Waals surface area (Å²) in [6, 6.07) is 0. The normalized spacial score (nSPS) is 17.4. The van der Waals surface area contributed by atoms with Crippen molar-refractivity contribution in [3.05, 3.63) is 29.1 Å². The largest absolute Gasteiger partial charge is 0.373 e.